The molecule has 2 aliphatic rings. The molecule has 1 aromatic heterocycles. The largest absolute Gasteiger partial charge is 0.373 e. The normalized spacial score (nSPS) is 25.3. The van der Waals surface area contributed by atoms with Gasteiger partial charge in [-0.05, 0) is 12.8 Å². The fourth-order valence-corrected chi connectivity index (χ4v) is 2.70. The smallest absolute Gasteiger partial charge is 0.230 e. The highest BCUT2D eigenvalue weighted by Crippen LogP contribution is 2.48. The number of morpholine rings is 1. The molecule has 1 atom stereocenters. The summed E-state index contributed by atoms with van der Waals surface area (Å²) < 4.78 is 7.50. The molecule has 0 radical (unpaired) electrons. The number of carbonyl (C=O) groups is 1. The van der Waals surface area contributed by atoms with Gasteiger partial charge in [0.05, 0.1) is 24.5 Å². The van der Waals surface area contributed by atoms with Gasteiger partial charge in [0, 0.05) is 38.6 Å². The van der Waals surface area contributed by atoms with Gasteiger partial charge < -0.3 is 19.9 Å². The maximum atomic E-state index is 12.7. The molecular weight excluding hydrogens is 244 g/mol. The van der Waals surface area contributed by atoms with E-state index in [-0.39, 0.29) is 17.4 Å². The number of hydrogen-bond acceptors (Lipinski definition) is 4. The standard InChI is InChI=1S/C13H20N4O2/c14-7-11-8-17(5-6-19-11)12(18)13(1-2-13)9-16-4-3-15-10-16/h3-4,10-11H,1-2,5-9,14H2. The van der Waals surface area contributed by atoms with Crippen molar-refractivity contribution in [2.75, 3.05) is 26.2 Å². The van der Waals surface area contributed by atoms with Crippen molar-refractivity contribution < 1.29 is 9.53 Å². The fraction of sp³-hybridized carbons (Fsp3) is 0.692. The number of amides is 1. The lowest BCUT2D eigenvalue weighted by molar-refractivity contribution is -0.144. The van der Waals surface area contributed by atoms with Crippen molar-refractivity contribution in [3.8, 4) is 0 Å². The van der Waals surface area contributed by atoms with Gasteiger partial charge in [-0.2, -0.15) is 0 Å². The lowest BCUT2D eigenvalue weighted by atomic mass is 10.0. The average molecular weight is 264 g/mol. The van der Waals surface area contributed by atoms with Crippen molar-refractivity contribution in [1.29, 1.82) is 0 Å². The Morgan fingerprint density at radius 3 is 3.00 bits per heavy atom. The molecule has 0 bridgehead atoms. The van der Waals surface area contributed by atoms with Crippen LogP contribution in [0, 0.1) is 5.41 Å². The quantitative estimate of drug-likeness (QED) is 0.821. The molecule has 1 saturated carbocycles. The van der Waals surface area contributed by atoms with Crippen molar-refractivity contribution in [3.63, 3.8) is 0 Å². The minimum absolute atomic E-state index is 0.0123. The van der Waals surface area contributed by atoms with Gasteiger partial charge in [0.15, 0.2) is 0 Å². The van der Waals surface area contributed by atoms with Crippen molar-refractivity contribution in [3.05, 3.63) is 18.7 Å². The summed E-state index contributed by atoms with van der Waals surface area (Å²) in [6.07, 6.45) is 7.36. The average Bonchev–Trinajstić information content (AvgIpc) is 3.05. The number of ether oxygens (including phenoxy) is 1. The minimum atomic E-state index is -0.211. The van der Waals surface area contributed by atoms with Gasteiger partial charge in [0.25, 0.3) is 0 Å². The number of rotatable bonds is 4. The Hall–Kier alpha value is -1.40. The van der Waals surface area contributed by atoms with E-state index < -0.39 is 0 Å². The number of imidazole rings is 1. The molecule has 2 fully saturated rings. The van der Waals surface area contributed by atoms with Crippen molar-refractivity contribution >= 4 is 5.91 Å². The summed E-state index contributed by atoms with van der Waals surface area (Å²) in [6, 6.07) is 0. The molecule has 1 aliphatic carbocycles. The highest BCUT2D eigenvalue weighted by atomic mass is 16.5. The first-order chi connectivity index (χ1) is 9.23. The van der Waals surface area contributed by atoms with Crippen LogP contribution in [0.4, 0.5) is 0 Å². The molecular formula is C13H20N4O2. The van der Waals surface area contributed by atoms with E-state index in [1.165, 1.54) is 0 Å². The van der Waals surface area contributed by atoms with E-state index in [0.29, 0.717) is 26.2 Å². The number of aromatic nitrogens is 2. The first-order valence-electron chi connectivity index (χ1n) is 6.80. The Morgan fingerprint density at radius 1 is 1.53 bits per heavy atom. The van der Waals surface area contributed by atoms with Gasteiger partial charge >= 0.3 is 0 Å². The molecule has 104 valence electrons. The molecule has 19 heavy (non-hydrogen) atoms. The predicted octanol–water partition coefficient (Wildman–Crippen LogP) is -0.151. The molecule has 6 heteroatoms. The maximum Gasteiger partial charge on any atom is 0.230 e. The second-order valence-corrected chi connectivity index (χ2v) is 5.50. The maximum absolute atomic E-state index is 12.7. The highest BCUT2D eigenvalue weighted by molar-refractivity contribution is 5.85. The van der Waals surface area contributed by atoms with Gasteiger partial charge in [0.2, 0.25) is 5.91 Å². The molecule has 1 aromatic rings. The minimum Gasteiger partial charge on any atom is -0.373 e. The molecule has 0 spiro atoms. The van der Waals surface area contributed by atoms with Crippen LogP contribution in [0.15, 0.2) is 18.7 Å². The first-order valence-corrected chi connectivity index (χ1v) is 6.80. The summed E-state index contributed by atoms with van der Waals surface area (Å²) in [5.74, 6) is 0.253. The second kappa shape index (κ2) is 4.94. The lowest BCUT2D eigenvalue weighted by Gasteiger charge is -2.34. The number of nitrogens with zero attached hydrogens (tertiary/aromatic N) is 3. The third-order valence-electron chi connectivity index (χ3n) is 4.04. The molecule has 6 nitrogen and oxygen atoms in total. The van der Waals surface area contributed by atoms with Gasteiger partial charge in [0.1, 0.15) is 0 Å². The Labute approximate surface area is 112 Å². The highest BCUT2D eigenvalue weighted by Gasteiger charge is 2.52. The van der Waals surface area contributed by atoms with E-state index in [9.17, 15) is 4.79 Å². The van der Waals surface area contributed by atoms with Crippen LogP contribution in [0.2, 0.25) is 0 Å². The Morgan fingerprint density at radius 2 is 2.37 bits per heavy atom. The summed E-state index contributed by atoms with van der Waals surface area (Å²) in [7, 11) is 0. The molecule has 2 N–H and O–H groups in total. The molecule has 1 aliphatic heterocycles. The molecule has 1 saturated heterocycles. The van der Waals surface area contributed by atoms with Crippen molar-refractivity contribution in [1.82, 2.24) is 14.5 Å². The van der Waals surface area contributed by atoms with E-state index in [4.69, 9.17) is 10.5 Å². The second-order valence-electron chi connectivity index (χ2n) is 5.50. The van der Waals surface area contributed by atoms with E-state index in [0.717, 1.165) is 19.4 Å². The van der Waals surface area contributed by atoms with Gasteiger partial charge in [-0.1, -0.05) is 0 Å². The van der Waals surface area contributed by atoms with Gasteiger partial charge in [-0.25, -0.2) is 4.98 Å². The number of carbonyl (C=O) groups excluding carboxylic acids is 1. The summed E-state index contributed by atoms with van der Waals surface area (Å²) in [5, 5.41) is 0. The number of nitrogens with two attached hydrogens (primary N) is 1. The van der Waals surface area contributed by atoms with Crippen LogP contribution in [0.5, 0.6) is 0 Å². The summed E-state index contributed by atoms with van der Waals surface area (Å²) in [6.45, 7) is 3.10. The SMILES string of the molecule is NCC1CN(C(=O)C2(Cn3ccnc3)CC2)CCO1. The first kappa shape index (κ1) is 12.6. The summed E-state index contributed by atoms with van der Waals surface area (Å²) >= 11 is 0. The topological polar surface area (TPSA) is 73.4 Å². The molecule has 3 rings (SSSR count). The van der Waals surface area contributed by atoms with Crippen molar-refractivity contribution in [2.24, 2.45) is 11.1 Å². The van der Waals surface area contributed by atoms with Crippen LogP contribution in [0.3, 0.4) is 0 Å². The van der Waals surface area contributed by atoms with Crippen LogP contribution >= 0.6 is 0 Å². The molecule has 1 amide bonds. The zero-order valence-electron chi connectivity index (χ0n) is 11.0. The third kappa shape index (κ3) is 2.50. The van der Waals surface area contributed by atoms with E-state index >= 15 is 0 Å². The fourth-order valence-electron chi connectivity index (χ4n) is 2.70. The van der Waals surface area contributed by atoms with Crippen LogP contribution < -0.4 is 5.73 Å². The van der Waals surface area contributed by atoms with E-state index in [1.807, 2.05) is 15.7 Å². The summed E-state index contributed by atoms with van der Waals surface area (Å²) in [5.41, 5.74) is 5.41. The Bertz CT molecular complexity index is 442. The van der Waals surface area contributed by atoms with Crippen molar-refractivity contribution in [2.45, 2.75) is 25.5 Å². The van der Waals surface area contributed by atoms with Gasteiger partial charge in [-0.3, -0.25) is 4.79 Å². The van der Waals surface area contributed by atoms with Crippen LogP contribution in [0.1, 0.15) is 12.8 Å². The van der Waals surface area contributed by atoms with Crippen LogP contribution in [-0.4, -0.2) is 52.7 Å². The van der Waals surface area contributed by atoms with E-state index in [2.05, 4.69) is 4.98 Å². The monoisotopic (exact) mass is 264 g/mol. The summed E-state index contributed by atoms with van der Waals surface area (Å²) in [4.78, 5) is 18.6. The van der Waals surface area contributed by atoms with Crippen LogP contribution in [0.25, 0.3) is 0 Å². The lowest BCUT2D eigenvalue weighted by Crippen LogP contribution is -2.50. The molecule has 1 unspecified atom stereocenters. The molecule has 2 heterocycles. The third-order valence-corrected chi connectivity index (χ3v) is 4.04. The van der Waals surface area contributed by atoms with Crippen LogP contribution in [-0.2, 0) is 16.1 Å². The predicted molar refractivity (Wildman–Crippen MR) is 69.3 cm³/mol. The zero-order valence-corrected chi connectivity index (χ0v) is 11.0. The van der Waals surface area contributed by atoms with Gasteiger partial charge in [-0.15, -0.1) is 0 Å². The Balaban J connectivity index is 1.66. The Kier molecular flexibility index (Phi) is 3.28. The molecule has 0 aromatic carbocycles. The number of hydrogen-bond donors (Lipinski definition) is 1. The van der Waals surface area contributed by atoms with E-state index in [1.54, 1.807) is 12.5 Å². The zero-order chi connectivity index (χ0) is 13.3.